The lowest BCUT2D eigenvalue weighted by Gasteiger charge is -2.26. The lowest BCUT2D eigenvalue weighted by atomic mass is 9.87. The van der Waals surface area contributed by atoms with Crippen LogP contribution in [0.3, 0.4) is 0 Å². The van der Waals surface area contributed by atoms with E-state index in [2.05, 4.69) is 11.4 Å². The molecule has 1 saturated carbocycles. The van der Waals surface area contributed by atoms with E-state index < -0.39 is 0 Å². The summed E-state index contributed by atoms with van der Waals surface area (Å²) in [4.78, 5) is 1.19. The van der Waals surface area contributed by atoms with Crippen molar-refractivity contribution in [1.82, 2.24) is 5.32 Å². The van der Waals surface area contributed by atoms with E-state index in [0.717, 1.165) is 31.5 Å². The van der Waals surface area contributed by atoms with Gasteiger partial charge in [-0.1, -0.05) is 12.8 Å². The summed E-state index contributed by atoms with van der Waals surface area (Å²) >= 11 is 1.62. The molecule has 1 aliphatic carbocycles. The van der Waals surface area contributed by atoms with Gasteiger partial charge in [0.25, 0.3) is 0 Å². The SMILES string of the molecule is N#Cc1csc(CNCC2(CO)CCCC2)c1. The highest BCUT2D eigenvalue weighted by Gasteiger charge is 2.32. The maximum atomic E-state index is 9.48. The van der Waals surface area contributed by atoms with E-state index in [0.29, 0.717) is 0 Å². The van der Waals surface area contributed by atoms with E-state index >= 15 is 0 Å². The second kappa shape index (κ2) is 5.63. The van der Waals surface area contributed by atoms with Crippen molar-refractivity contribution in [3.05, 3.63) is 21.9 Å². The van der Waals surface area contributed by atoms with Crippen LogP contribution in [-0.2, 0) is 6.54 Å². The van der Waals surface area contributed by atoms with Gasteiger partial charge in [0.2, 0.25) is 0 Å². The minimum Gasteiger partial charge on any atom is -0.396 e. The third-order valence-corrected chi connectivity index (χ3v) is 4.52. The number of nitrogens with zero attached hydrogens (tertiary/aromatic N) is 1. The molecular formula is C13H18N2OS. The number of hydrogen-bond acceptors (Lipinski definition) is 4. The zero-order chi connectivity index (χ0) is 12.1. The molecule has 4 heteroatoms. The Bertz CT molecular complexity index is 402. The lowest BCUT2D eigenvalue weighted by molar-refractivity contribution is 0.128. The molecule has 0 atom stereocenters. The van der Waals surface area contributed by atoms with Crippen LogP contribution in [0.15, 0.2) is 11.4 Å². The summed E-state index contributed by atoms with van der Waals surface area (Å²) in [5, 5.41) is 23.5. The van der Waals surface area contributed by atoms with Crippen LogP contribution in [0.4, 0.5) is 0 Å². The van der Waals surface area contributed by atoms with Gasteiger partial charge in [0, 0.05) is 35.4 Å². The van der Waals surface area contributed by atoms with E-state index in [-0.39, 0.29) is 12.0 Å². The fourth-order valence-electron chi connectivity index (χ4n) is 2.50. The van der Waals surface area contributed by atoms with Gasteiger partial charge in [-0.15, -0.1) is 11.3 Å². The minimum absolute atomic E-state index is 0.106. The van der Waals surface area contributed by atoms with E-state index in [1.807, 2.05) is 11.4 Å². The summed E-state index contributed by atoms with van der Waals surface area (Å²) in [6.07, 6.45) is 4.73. The maximum absolute atomic E-state index is 9.48. The van der Waals surface area contributed by atoms with Crippen molar-refractivity contribution in [3.63, 3.8) is 0 Å². The number of rotatable bonds is 5. The summed E-state index contributed by atoms with van der Waals surface area (Å²) in [6, 6.07) is 4.07. The molecule has 3 nitrogen and oxygen atoms in total. The molecule has 0 radical (unpaired) electrons. The molecule has 17 heavy (non-hydrogen) atoms. The predicted molar refractivity (Wildman–Crippen MR) is 68.7 cm³/mol. The van der Waals surface area contributed by atoms with Gasteiger partial charge in [-0.25, -0.2) is 0 Å². The standard InChI is InChI=1S/C13H18N2OS/c14-6-11-5-12(17-8-11)7-15-9-13(10-16)3-1-2-4-13/h5,8,15-16H,1-4,7,9-10H2. The van der Waals surface area contributed by atoms with Gasteiger partial charge >= 0.3 is 0 Å². The first-order valence-electron chi connectivity index (χ1n) is 6.07. The molecule has 0 amide bonds. The molecule has 1 aliphatic rings. The van der Waals surface area contributed by atoms with E-state index in [4.69, 9.17) is 5.26 Å². The van der Waals surface area contributed by atoms with Gasteiger partial charge in [-0.05, 0) is 18.9 Å². The highest BCUT2D eigenvalue weighted by Crippen LogP contribution is 2.36. The Balaban J connectivity index is 1.81. The minimum atomic E-state index is 0.106. The molecule has 0 unspecified atom stereocenters. The fraction of sp³-hybridized carbons (Fsp3) is 0.615. The van der Waals surface area contributed by atoms with Crippen LogP contribution >= 0.6 is 11.3 Å². The van der Waals surface area contributed by atoms with Gasteiger partial charge in [-0.2, -0.15) is 5.26 Å². The number of thiophene rings is 1. The van der Waals surface area contributed by atoms with Gasteiger partial charge in [0.05, 0.1) is 5.56 Å². The summed E-state index contributed by atoms with van der Waals surface area (Å²) in [5.74, 6) is 0. The molecule has 1 aromatic rings. The molecule has 0 aromatic carbocycles. The summed E-state index contributed by atoms with van der Waals surface area (Å²) in [5.41, 5.74) is 0.847. The zero-order valence-corrected chi connectivity index (χ0v) is 10.7. The van der Waals surface area contributed by atoms with Crippen molar-refractivity contribution < 1.29 is 5.11 Å². The highest BCUT2D eigenvalue weighted by molar-refractivity contribution is 7.10. The number of nitriles is 1. The predicted octanol–water partition coefficient (Wildman–Crippen LogP) is 2.26. The van der Waals surface area contributed by atoms with E-state index in [1.165, 1.54) is 17.7 Å². The van der Waals surface area contributed by atoms with Crippen LogP contribution < -0.4 is 5.32 Å². The van der Waals surface area contributed by atoms with Gasteiger partial charge in [0.1, 0.15) is 6.07 Å². The van der Waals surface area contributed by atoms with Crippen LogP contribution in [0, 0.1) is 16.7 Å². The van der Waals surface area contributed by atoms with Crippen molar-refractivity contribution in [1.29, 1.82) is 5.26 Å². The van der Waals surface area contributed by atoms with Crippen LogP contribution in [0.25, 0.3) is 0 Å². The average molecular weight is 250 g/mol. The second-order valence-electron chi connectivity index (χ2n) is 4.88. The lowest BCUT2D eigenvalue weighted by Crippen LogP contribution is -2.34. The Morgan fingerprint density at radius 1 is 1.47 bits per heavy atom. The highest BCUT2D eigenvalue weighted by atomic mass is 32.1. The second-order valence-corrected chi connectivity index (χ2v) is 5.88. The van der Waals surface area contributed by atoms with Crippen molar-refractivity contribution >= 4 is 11.3 Å². The summed E-state index contributed by atoms with van der Waals surface area (Å²) in [6.45, 7) is 1.96. The Morgan fingerprint density at radius 3 is 2.82 bits per heavy atom. The molecule has 0 saturated heterocycles. The fourth-order valence-corrected chi connectivity index (χ4v) is 3.28. The van der Waals surface area contributed by atoms with Crippen molar-refractivity contribution in [2.24, 2.45) is 5.41 Å². The molecule has 2 rings (SSSR count). The van der Waals surface area contributed by atoms with Crippen LogP contribution in [-0.4, -0.2) is 18.3 Å². The Hall–Kier alpha value is -0.890. The van der Waals surface area contributed by atoms with Gasteiger partial charge in [0.15, 0.2) is 0 Å². The summed E-state index contributed by atoms with van der Waals surface area (Å²) < 4.78 is 0. The molecule has 0 spiro atoms. The zero-order valence-electron chi connectivity index (χ0n) is 9.91. The molecule has 0 aliphatic heterocycles. The number of nitrogens with one attached hydrogen (secondary N) is 1. The van der Waals surface area contributed by atoms with Crippen molar-refractivity contribution in [3.8, 4) is 6.07 Å². The van der Waals surface area contributed by atoms with Crippen LogP contribution in [0.5, 0.6) is 0 Å². The van der Waals surface area contributed by atoms with Gasteiger partial charge < -0.3 is 10.4 Å². The number of hydrogen-bond donors (Lipinski definition) is 2. The largest absolute Gasteiger partial charge is 0.396 e. The van der Waals surface area contributed by atoms with Crippen LogP contribution in [0.1, 0.15) is 36.1 Å². The molecule has 1 heterocycles. The summed E-state index contributed by atoms with van der Waals surface area (Å²) in [7, 11) is 0. The third-order valence-electron chi connectivity index (χ3n) is 3.58. The van der Waals surface area contributed by atoms with E-state index in [9.17, 15) is 5.11 Å². The first-order valence-corrected chi connectivity index (χ1v) is 6.95. The van der Waals surface area contributed by atoms with Crippen molar-refractivity contribution in [2.75, 3.05) is 13.2 Å². The Morgan fingerprint density at radius 2 is 2.24 bits per heavy atom. The maximum Gasteiger partial charge on any atom is 0.100 e. The molecule has 1 aromatic heterocycles. The molecule has 1 fully saturated rings. The quantitative estimate of drug-likeness (QED) is 0.843. The topological polar surface area (TPSA) is 56.0 Å². The molecule has 0 bridgehead atoms. The Labute approximate surface area is 106 Å². The molecule has 2 N–H and O–H groups in total. The van der Waals surface area contributed by atoms with Crippen LogP contribution in [0.2, 0.25) is 0 Å². The molecule has 92 valence electrons. The van der Waals surface area contributed by atoms with E-state index in [1.54, 1.807) is 11.3 Å². The first kappa shape index (κ1) is 12.6. The average Bonchev–Trinajstić information content (AvgIpc) is 2.98. The Kier molecular flexibility index (Phi) is 4.16. The molecular weight excluding hydrogens is 232 g/mol. The first-order chi connectivity index (χ1) is 8.28. The number of aliphatic hydroxyl groups excluding tert-OH is 1. The smallest absolute Gasteiger partial charge is 0.100 e. The van der Waals surface area contributed by atoms with Gasteiger partial charge in [-0.3, -0.25) is 0 Å². The van der Waals surface area contributed by atoms with Crippen molar-refractivity contribution in [2.45, 2.75) is 32.2 Å². The number of aliphatic hydroxyl groups is 1. The monoisotopic (exact) mass is 250 g/mol. The normalized spacial score (nSPS) is 18.1. The third kappa shape index (κ3) is 3.06.